The van der Waals surface area contributed by atoms with Gasteiger partial charge in [0.1, 0.15) is 18.8 Å². The van der Waals surface area contributed by atoms with Crippen LogP contribution in [0.5, 0.6) is 0 Å². The zero-order valence-corrected chi connectivity index (χ0v) is 52.3. The molecule has 0 aromatic rings. The van der Waals surface area contributed by atoms with E-state index in [1.54, 1.807) is 0 Å². The van der Waals surface area contributed by atoms with Gasteiger partial charge in [-0.15, -0.1) is 0 Å². The SMILES string of the molecule is CCCCC/C=C\C/C=C\CCCCCCCCCC(=O)OCC(COC1OC(C(=O)O)C(O)C(O)C1OC(=O)CCCCCCCCCCCCCCCCCCC)OC(=O)CCCCCCCCC/C=C\CCCCCCCC. The predicted octanol–water partition coefficient (Wildman–Crippen LogP) is 18.4. The summed E-state index contributed by atoms with van der Waals surface area (Å²) in [4.78, 5) is 51.4. The minimum absolute atomic E-state index is 0.0652. The lowest BCUT2D eigenvalue weighted by Gasteiger charge is -2.40. The first-order valence-corrected chi connectivity index (χ1v) is 34.0. The molecule has 6 atom stereocenters. The van der Waals surface area contributed by atoms with Crippen molar-refractivity contribution in [2.45, 2.75) is 366 Å². The number of hydrogen-bond donors (Lipinski definition) is 3. The van der Waals surface area contributed by atoms with Gasteiger partial charge in [0.2, 0.25) is 0 Å². The number of carboxylic acids is 1. The van der Waals surface area contributed by atoms with Gasteiger partial charge in [0, 0.05) is 19.3 Å². The second-order valence-corrected chi connectivity index (χ2v) is 23.5. The minimum Gasteiger partial charge on any atom is -0.479 e. The fraction of sp³-hybridized carbons (Fsp3) is 0.855. The topological polar surface area (TPSA) is 175 Å². The van der Waals surface area contributed by atoms with E-state index in [2.05, 4.69) is 57.2 Å². The van der Waals surface area contributed by atoms with Crippen LogP contribution in [0.1, 0.15) is 329 Å². The summed E-state index contributed by atoms with van der Waals surface area (Å²) in [5, 5.41) is 31.6. The molecule has 0 radical (unpaired) electrons. The molecule has 0 aliphatic carbocycles. The van der Waals surface area contributed by atoms with Crippen molar-refractivity contribution in [1.82, 2.24) is 0 Å². The van der Waals surface area contributed by atoms with Crippen molar-refractivity contribution >= 4 is 23.9 Å². The number of aliphatic hydroxyl groups excluding tert-OH is 2. The Kier molecular flexibility index (Phi) is 53.8. The quantitative estimate of drug-likeness (QED) is 0.0228. The van der Waals surface area contributed by atoms with Crippen molar-refractivity contribution < 1.29 is 58.2 Å². The lowest BCUT2D eigenvalue weighted by molar-refractivity contribution is -0.301. The molecule has 1 aliphatic heterocycles. The van der Waals surface area contributed by atoms with Gasteiger partial charge in [0.15, 0.2) is 24.6 Å². The van der Waals surface area contributed by atoms with Crippen LogP contribution in [-0.2, 0) is 42.9 Å². The number of carbonyl (C=O) groups is 4. The van der Waals surface area contributed by atoms with Crippen LogP contribution in [0.3, 0.4) is 0 Å². The van der Waals surface area contributed by atoms with E-state index in [0.29, 0.717) is 19.3 Å². The molecule has 1 fully saturated rings. The first kappa shape index (κ1) is 76.0. The van der Waals surface area contributed by atoms with Crippen molar-refractivity contribution in [3.05, 3.63) is 36.5 Å². The van der Waals surface area contributed by atoms with Gasteiger partial charge in [-0.25, -0.2) is 4.79 Å². The second-order valence-electron chi connectivity index (χ2n) is 23.5. The highest BCUT2D eigenvalue weighted by molar-refractivity contribution is 5.74. The Bertz CT molecular complexity index is 1550. The van der Waals surface area contributed by atoms with Gasteiger partial charge in [0.05, 0.1) is 6.61 Å². The monoisotopic (exact) mass is 1140 g/mol. The van der Waals surface area contributed by atoms with Gasteiger partial charge in [-0.2, -0.15) is 0 Å². The summed E-state index contributed by atoms with van der Waals surface area (Å²) in [5.74, 6) is -3.10. The molecule has 1 aliphatic rings. The van der Waals surface area contributed by atoms with E-state index in [1.165, 1.54) is 180 Å². The largest absolute Gasteiger partial charge is 0.479 e. The van der Waals surface area contributed by atoms with E-state index >= 15 is 0 Å². The summed E-state index contributed by atoms with van der Waals surface area (Å²) in [7, 11) is 0. The molecular weight excluding hydrogens is 1020 g/mol. The average Bonchev–Trinajstić information content (AvgIpc) is 3.53. The molecule has 0 aromatic heterocycles. The summed E-state index contributed by atoms with van der Waals surface area (Å²) in [5.41, 5.74) is 0. The van der Waals surface area contributed by atoms with Crippen molar-refractivity contribution in [2.75, 3.05) is 13.2 Å². The average molecular weight is 1150 g/mol. The summed E-state index contributed by atoms with van der Waals surface area (Å²) in [6, 6.07) is 0. The van der Waals surface area contributed by atoms with Crippen molar-refractivity contribution in [3.63, 3.8) is 0 Å². The van der Waals surface area contributed by atoms with Crippen LogP contribution in [0.25, 0.3) is 0 Å². The van der Waals surface area contributed by atoms with Crippen LogP contribution in [0.2, 0.25) is 0 Å². The third kappa shape index (κ3) is 46.9. The third-order valence-corrected chi connectivity index (χ3v) is 15.7. The molecule has 0 spiro atoms. The zero-order chi connectivity index (χ0) is 58.9. The van der Waals surface area contributed by atoms with Gasteiger partial charge in [-0.1, -0.05) is 269 Å². The van der Waals surface area contributed by atoms with Crippen LogP contribution >= 0.6 is 0 Å². The van der Waals surface area contributed by atoms with Crippen LogP contribution in [0, 0.1) is 0 Å². The molecular formula is C69H124O12. The fourth-order valence-electron chi connectivity index (χ4n) is 10.5. The number of carboxylic acid groups (broad SMARTS) is 1. The number of hydrogen-bond acceptors (Lipinski definition) is 11. The Morgan fingerprint density at radius 3 is 1.15 bits per heavy atom. The van der Waals surface area contributed by atoms with E-state index in [0.717, 1.165) is 89.9 Å². The summed E-state index contributed by atoms with van der Waals surface area (Å²) in [6.07, 6.45) is 56.6. The molecule has 0 amide bonds. The number of esters is 3. The first-order valence-electron chi connectivity index (χ1n) is 34.0. The highest BCUT2D eigenvalue weighted by atomic mass is 16.7. The number of ether oxygens (including phenoxy) is 5. The number of carbonyl (C=O) groups excluding carboxylic acids is 3. The van der Waals surface area contributed by atoms with Gasteiger partial charge < -0.3 is 39.0 Å². The van der Waals surface area contributed by atoms with E-state index in [9.17, 15) is 34.5 Å². The highest BCUT2D eigenvalue weighted by Gasteiger charge is 2.50. The summed E-state index contributed by atoms with van der Waals surface area (Å²) >= 11 is 0. The van der Waals surface area contributed by atoms with Crippen molar-refractivity contribution in [3.8, 4) is 0 Å². The van der Waals surface area contributed by atoms with Crippen LogP contribution in [0.4, 0.5) is 0 Å². The zero-order valence-electron chi connectivity index (χ0n) is 52.3. The van der Waals surface area contributed by atoms with Crippen molar-refractivity contribution in [2.24, 2.45) is 0 Å². The molecule has 0 aromatic carbocycles. The van der Waals surface area contributed by atoms with E-state index in [1.807, 2.05) is 0 Å². The number of aliphatic carboxylic acids is 1. The summed E-state index contributed by atoms with van der Waals surface area (Å²) < 4.78 is 28.6. The van der Waals surface area contributed by atoms with Gasteiger partial charge in [-0.3, -0.25) is 14.4 Å². The molecule has 1 heterocycles. The number of unbranched alkanes of at least 4 members (excludes halogenated alkanes) is 39. The number of allylic oxidation sites excluding steroid dienone is 6. The maximum absolute atomic E-state index is 13.2. The van der Waals surface area contributed by atoms with Crippen LogP contribution < -0.4 is 0 Å². The summed E-state index contributed by atoms with van der Waals surface area (Å²) in [6.45, 7) is 6.01. The van der Waals surface area contributed by atoms with E-state index in [4.69, 9.17) is 23.7 Å². The van der Waals surface area contributed by atoms with E-state index in [-0.39, 0.29) is 25.9 Å². The van der Waals surface area contributed by atoms with Gasteiger partial charge >= 0.3 is 23.9 Å². The Hall–Kier alpha value is -3.06. The molecule has 12 heteroatoms. The Balaban J connectivity index is 2.64. The Labute approximate surface area is 495 Å². The molecule has 81 heavy (non-hydrogen) atoms. The number of rotatable bonds is 59. The van der Waals surface area contributed by atoms with Gasteiger partial charge in [-0.05, 0) is 77.0 Å². The molecule has 6 unspecified atom stereocenters. The maximum Gasteiger partial charge on any atom is 0.335 e. The van der Waals surface area contributed by atoms with Gasteiger partial charge in [0.25, 0.3) is 0 Å². The highest BCUT2D eigenvalue weighted by Crippen LogP contribution is 2.27. The third-order valence-electron chi connectivity index (χ3n) is 15.7. The number of aliphatic hydroxyl groups is 2. The van der Waals surface area contributed by atoms with Crippen molar-refractivity contribution in [1.29, 1.82) is 0 Å². The lowest BCUT2D eigenvalue weighted by atomic mass is 9.98. The fourth-order valence-corrected chi connectivity index (χ4v) is 10.5. The Morgan fingerprint density at radius 1 is 0.407 bits per heavy atom. The Morgan fingerprint density at radius 2 is 0.741 bits per heavy atom. The second kappa shape index (κ2) is 57.4. The molecule has 0 bridgehead atoms. The minimum atomic E-state index is -1.90. The predicted molar refractivity (Wildman–Crippen MR) is 331 cm³/mol. The molecule has 1 rings (SSSR count). The normalized spacial score (nSPS) is 17.9. The first-order chi connectivity index (χ1) is 39.6. The molecule has 3 N–H and O–H groups in total. The molecule has 0 saturated carbocycles. The molecule has 12 nitrogen and oxygen atoms in total. The van der Waals surface area contributed by atoms with E-state index < -0.39 is 67.3 Å². The standard InChI is InChI=1S/C69H124O12/c1-4-7-10-13-16-19-22-25-28-31-34-37-40-43-46-49-52-55-61(70)77-58-60(79-62(71)56-53-50-47-44-41-38-35-32-29-26-23-20-17-14-11-8-5-2)59-78-69-67(65(74)64(73)66(81-69)68(75)76)80-63(72)57-54-51-48-45-42-39-36-33-30-27-24-21-18-15-12-9-6-3/h16,19,25-26,28-29,60,64-67,69,73-74H,4-15,17-18,20-24,27,30-59H2,1-3H3,(H,75,76)/b19-16-,28-25-,29-26-. The molecule has 472 valence electrons. The smallest absolute Gasteiger partial charge is 0.335 e. The maximum atomic E-state index is 13.2. The van der Waals surface area contributed by atoms with Crippen LogP contribution in [0.15, 0.2) is 36.5 Å². The lowest BCUT2D eigenvalue weighted by Crippen LogP contribution is -2.61. The van der Waals surface area contributed by atoms with Crippen LogP contribution in [-0.4, -0.2) is 89.2 Å². The molecule has 1 saturated heterocycles.